The summed E-state index contributed by atoms with van der Waals surface area (Å²) in [5.41, 5.74) is 3.71. The molecule has 8 nitrogen and oxygen atoms in total. The van der Waals surface area contributed by atoms with E-state index in [0.717, 1.165) is 54.1 Å². The summed E-state index contributed by atoms with van der Waals surface area (Å²) >= 11 is 0. The van der Waals surface area contributed by atoms with E-state index in [1.54, 1.807) is 12.1 Å². The average Bonchev–Trinajstić information content (AvgIpc) is 3.61. The molecule has 2 aliphatic heterocycles. The maximum Gasteiger partial charge on any atom is 0.259 e. The lowest BCUT2D eigenvalue weighted by Crippen LogP contribution is -2.47. The highest BCUT2D eigenvalue weighted by molar-refractivity contribution is 5.94. The molecule has 0 aliphatic carbocycles. The van der Waals surface area contributed by atoms with Gasteiger partial charge < -0.3 is 23.6 Å². The van der Waals surface area contributed by atoms with Crippen molar-refractivity contribution in [1.29, 1.82) is 0 Å². The van der Waals surface area contributed by atoms with Crippen LogP contribution in [0, 0.1) is 6.92 Å². The summed E-state index contributed by atoms with van der Waals surface area (Å²) in [6, 6.07) is 17.2. The molecule has 0 spiro atoms. The van der Waals surface area contributed by atoms with Crippen LogP contribution in [-0.2, 0) is 17.0 Å². The van der Waals surface area contributed by atoms with Crippen molar-refractivity contribution in [3.8, 4) is 22.8 Å². The van der Waals surface area contributed by atoms with Gasteiger partial charge in [-0.2, -0.15) is 4.98 Å². The number of carbonyl (C=O) groups excluding carboxylic acids is 1. The number of aryl methyl sites for hydroxylation is 1. The first-order valence-corrected chi connectivity index (χ1v) is 13.8. The topological polar surface area (TPSA) is 76.6 Å². The predicted molar refractivity (Wildman–Crippen MR) is 150 cm³/mol. The lowest BCUT2D eigenvalue weighted by Gasteiger charge is -2.32. The van der Waals surface area contributed by atoms with E-state index in [4.69, 9.17) is 9.26 Å². The fourth-order valence-corrected chi connectivity index (χ4v) is 5.45. The number of nitrogens with zero attached hydrogens (tertiary/aromatic N) is 5. The zero-order valence-corrected chi connectivity index (χ0v) is 23.0. The van der Waals surface area contributed by atoms with Gasteiger partial charge in [0.05, 0.1) is 5.56 Å². The van der Waals surface area contributed by atoms with Crippen LogP contribution in [0.25, 0.3) is 22.8 Å². The van der Waals surface area contributed by atoms with Crippen molar-refractivity contribution >= 4 is 5.91 Å². The van der Waals surface area contributed by atoms with E-state index in [0.29, 0.717) is 49.9 Å². The van der Waals surface area contributed by atoms with Crippen LogP contribution >= 0.6 is 0 Å². The molecule has 40 heavy (non-hydrogen) atoms. The highest BCUT2D eigenvalue weighted by atomic mass is 19.1. The molecule has 0 atom stereocenters. The minimum atomic E-state index is -1.35. The number of rotatable bonds is 6. The summed E-state index contributed by atoms with van der Waals surface area (Å²) < 4.78 is 28.3. The van der Waals surface area contributed by atoms with Gasteiger partial charge in [-0.05, 0) is 43.3 Å². The van der Waals surface area contributed by atoms with E-state index in [1.807, 2.05) is 60.5 Å². The Bertz CT molecular complexity index is 1480. The van der Waals surface area contributed by atoms with Crippen molar-refractivity contribution in [3.05, 3.63) is 83.2 Å². The Kier molecular flexibility index (Phi) is 7.25. The normalized spacial score (nSPS) is 17.7. The minimum Gasteiger partial charge on any atom is -0.381 e. The summed E-state index contributed by atoms with van der Waals surface area (Å²) in [5, 5.41) is 4.17. The lowest BCUT2D eigenvalue weighted by molar-refractivity contribution is -0.0114. The Morgan fingerprint density at radius 3 is 2.50 bits per heavy atom. The fraction of sp³-hybridized carbons (Fsp3) is 0.387. The smallest absolute Gasteiger partial charge is 0.259 e. The summed E-state index contributed by atoms with van der Waals surface area (Å²) in [7, 11) is 2.08. The predicted octanol–water partition coefficient (Wildman–Crippen LogP) is 4.92. The number of ether oxygens (including phenoxy) is 1. The number of hydrogen-bond donors (Lipinski definition) is 0. The van der Waals surface area contributed by atoms with Crippen molar-refractivity contribution in [1.82, 2.24) is 24.5 Å². The van der Waals surface area contributed by atoms with Crippen LogP contribution in [0.1, 0.15) is 40.0 Å². The number of alkyl halides is 1. The number of carbonyl (C=O) groups is 1. The van der Waals surface area contributed by atoms with Gasteiger partial charge in [-0.1, -0.05) is 41.6 Å². The van der Waals surface area contributed by atoms with Crippen LogP contribution in [-0.4, -0.2) is 76.9 Å². The molecule has 6 rings (SSSR count). The molecule has 0 radical (unpaired) electrons. The molecule has 4 aromatic rings. The largest absolute Gasteiger partial charge is 0.381 e. The van der Waals surface area contributed by atoms with Crippen molar-refractivity contribution < 1.29 is 18.4 Å². The second-order valence-corrected chi connectivity index (χ2v) is 10.9. The molecule has 208 valence electrons. The molecule has 2 aliphatic rings. The number of hydrogen-bond acceptors (Lipinski definition) is 6. The van der Waals surface area contributed by atoms with E-state index >= 15 is 4.39 Å². The van der Waals surface area contributed by atoms with Gasteiger partial charge in [-0.3, -0.25) is 4.79 Å². The zero-order valence-electron chi connectivity index (χ0n) is 23.0. The highest BCUT2D eigenvalue weighted by Crippen LogP contribution is 2.37. The molecule has 2 aromatic heterocycles. The molecular weight excluding hydrogens is 509 g/mol. The molecule has 2 fully saturated rings. The molecule has 2 saturated heterocycles. The van der Waals surface area contributed by atoms with Gasteiger partial charge in [0.25, 0.3) is 11.8 Å². The Morgan fingerprint density at radius 2 is 1.75 bits per heavy atom. The van der Waals surface area contributed by atoms with Crippen molar-refractivity contribution in [2.75, 3.05) is 46.4 Å². The van der Waals surface area contributed by atoms with Crippen LogP contribution in [0.4, 0.5) is 4.39 Å². The second-order valence-electron chi connectivity index (χ2n) is 10.9. The van der Waals surface area contributed by atoms with E-state index in [9.17, 15) is 4.79 Å². The fourth-order valence-electron chi connectivity index (χ4n) is 5.45. The monoisotopic (exact) mass is 543 g/mol. The molecule has 0 N–H and O–H groups in total. The van der Waals surface area contributed by atoms with Crippen LogP contribution < -0.4 is 0 Å². The zero-order chi connectivity index (χ0) is 27.7. The Hall–Kier alpha value is -3.82. The number of benzene rings is 2. The van der Waals surface area contributed by atoms with E-state index < -0.39 is 5.67 Å². The summed E-state index contributed by atoms with van der Waals surface area (Å²) in [6.07, 6.45) is 2.72. The molecule has 0 unspecified atom stereocenters. The molecule has 2 aromatic carbocycles. The molecule has 4 heterocycles. The standard InChI is InChI=1S/C31H34FN5O3/c1-22-18-26(21-37(22)20-23-4-3-5-25(19-23)30(38)36-14-12-35(2)13-15-36)29-33-28(34-40-29)24-6-8-27(9-7-24)31(32)10-16-39-17-11-31/h3-9,18-19,21H,10-17,20H2,1-2H3. The molecule has 0 saturated carbocycles. The summed E-state index contributed by atoms with van der Waals surface area (Å²) in [6.45, 7) is 6.82. The summed E-state index contributed by atoms with van der Waals surface area (Å²) in [5.74, 6) is 0.967. The minimum absolute atomic E-state index is 0.0840. The van der Waals surface area contributed by atoms with E-state index in [-0.39, 0.29) is 5.91 Å². The maximum atomic E-state index is 15.3. The highest BCUT2D eigenvalue weighted by Gasteiger charge is 2.34. The quantitative estimate of drug-likeness (QED) is 0.344. The molecule has 9 heteroatoms. The SMILES string of the molecule is Cc1cc(-c2nc(-c3ccc(C4(F)CCOCC4)cc3)no2)cn1Cc1cccc(C(=O)N2CCN(C)CC2)c1. The first-order valence-electron chi connectivity index (χ1n) is 13.8. The Morgan fingerprint density at radius 1 is 1.00 bits per heavy atom. The summed E-state index contributed by atoms with van der Waals surface area (Å²) in [4.78, 5) is 21.8. The van der Waals surface area contributed by atoms with Crippen LogP contribution in [0.3, 0.4) is 0 Å². The lowest BCUT2D eigenvalue weighted by atomic mass is 9.88. The third kappa shape index (κ3) is 5.44. The number of amides is 1. The van der Waals surface area contributed by atoms with Gasteiger partial charge in [0.15, 0.2) is 0 Å². The molecular formula is C31H34FN5O3. The van der Waals surface area contributed by atoms with Gasteiger partial charge in [0, 0.05) is 81.8 Å². The van der Waals surface area contributed by atoms with Gasteiger partial charge in [-0.25, -0.2) is 4.39 Å². The van der Waals surface area contributed by atoms with Crippen molar-refractivity contribution in [3.63, 3.8) is 0 Å². The van der Waals surface area contributed by atoms with E-state index in [1.165, 1.54) is 0 Å². The van der Waals surface area contributed by atoms with Crippen molar-refractivity contribution in [2.24, 2.45) is 0 Å². The molecule has 0 bridgehead atoms. The van der Waals surface area contributed by atoms with Gasteiger partial charge in [0.2, 0.25) is 5.82 Å². The van der Waals surface area contributed by atoms with Crippen molar-refractivity contribution in [2.45, 2.75) is 32.0 Å². The van der Waals surface area contributed by atoms with Gasteiger partial charge in [-0.15, -0.1) is 0 Å². The third-order valence-corrected chi connectivity index (χ3v) is 8.05. The Balaban J connectivity index is 1.15. The van der Waals surface area contributed by atoms with Crippen LogP contribution in [0.15, 0.2) is 65.3 Å². The third-order valence-electron chi connectivity index (χ3n) is 8.05. The van der Waals surface area contributed by atoms with Crippen LogP contribution in [0.5, 0.6) is 0 Å². The van der Waals surface area contributed by atoms with E-state index in [2.05, 4.69) is 26.7 Å². The number of halogens is 1. The first-order chi connectivity index (χ1) is 19.4. The number of likely N-dealkylation sites (N-methyl/N-ethyl adjacent to an activating group) is 1. The second kappa shape index (κ2) is 11.0. The maximum absolute atomic E-state index is 15.3. The van der Waals surface area contributed by atoms with Crippen LogP contribution in [0.2, 0.25) is 0 Å². The molecule has 1 amide bonds. The van der Waals surface area contributed by atoms with Gasteiger partial charge >= 0.3 is 0 Å². The number of aromatic nitrogens is 3. The number of piperazine rings is 1. The average molecular weight is 544 g/mol. The first kappa shape index (κ1) is 26.4. The van der Waals surface area contributed by atoms with Gasteiger partial charge in [0.1, 0.15) is 5.67 Å². The Labute approximate surface area is 233 Å².